The Bertz CT molecular complexity index is 1290. The molecule has 0 amide bonds. The molecule has 0 bridgehead atoms. The molecule has 4 heteroatoms. The van der Waals surface area contributed by atoms with E-state index in [0.717, 1.165) is 51.7 Å². The van der Waals surface area contributed by atoms with Gasteiger partial charge in [0.2, 0.25) is 0 Å². The first-order valence-corrected chi connectivity index (χ1v) is 11.6. The van der Waals surface area contributed by atoms with Crippen LogP contribution in [-0.2, 0) is 12.0 Å². The van der Waals surface area contributed by atoms with E-state index in [1.54, 1.807) is 0 Å². The van der Waals surface area contributed by atoms with Gasteiger partial charge in [0.05, 0.1) is 16.8 Å². The molecule has 4 aromatic rings. The van der Waals surface area contributed by atoms with Crippen LogP contribution in [0.5, 0.6) is 0 Å². The molecule has 0 saturated heterocycles. The Hall–Kier alpha value is -2.98. The highest BCUT2D eigenvalue weighted by Crippen LogP contribution is 2.27. The second-order valence-corrected chi connectivity index (χ2v) is 9.37. The number of benzene rings is 3. The van der Waals surface area contributed by atoms with Crippen LogP contribution in [0.3, 0.4) is 0 Å². The van der Waals surface area contributed by atoms with E-state index in [4.69, 9.17) is 17.3 Å². The van der Waals surface area contributed by atoms with Crippen LogP contribution in [0.15, 0.2) is 78.9 Å². The van der Waals surface area contributed by atoms with Crippen LogP contribution < -0.4 is 5.73 Å². The van der Waals surface area contributed by atoms with Crippen molar-refractivity contribution >= 4 is 34.7 Å². The van der Waals surface area contributed by atoms with Crippen LogP contribution in [0, 0.1) is 0 Å². The van der Waals surface area contributed by atoms with E-state index in [0.29, 0.717) is 5.02 Å². The van der Waals surface area contributed by atoms with Crippen molar-refractivity contribution in [3.05, 3.63) is 112 Å². The molecule has 0 spiro atoms. The molecule has 33 heavy (non-hydrogen) atoms. The standard InChI is InChI=1S/C29H29ClN2O/c1-29(2,33)26-9-4-3-7-21(26)13-17-27(31)23-8-5-6-20(18-23)10-15-25-16-12-22-11-14-24(30)19-28(22)32-25/h3-12,14-16,18-19,27,33H,13,17,31H2,1-2H3. The van der Waals surface area contributed by atoms with Crippen LogP contribution in [0.4, 0.5) is 0 Å². The Kier molecular flexibility index (Phi) is 6.94. The number of nitrogens with two attached hydrogens (primary N) is 1. The number of nitrogens with zero attached hydrogens (tertiary/aromatic N) is 1. The van der Waals surface area contributed by atoms with Gasteiger partial charge in [-0.05, 0) is 73.2 Å². The zero-order chi connectivity index (χ0) is 23.4. The first kappa shape index (κ1) is 23.2. The maximum absolute atomic E-state index is 10.5. The molecule has 3 N–H and O–H groups in total. The lowest BCUT2D eigenvalue weighted by Crippen LogP contribution is -2.19. The molecule has 3 nitrogen and oxygen atoms in total. The third-order valence-corrected chi connectivity index (χ3v) is 6.10. The lowest BCUT2D eigenvalue weighted by atomic mass is 9.89. The topological polar surface area (TPSA) is 59.1 Å². The normalized spacial score (nSPS) is 13.0. The lowest BCUT2D eigenvalue weighted by molar-refractivity contribution is 0.0775. The summed E-state index contributed by atoms with van der Waals surface area (Å²) in [5.74, 6) is 0. The Morgan fingerprint density at radius 2 is 1.76 bits per heavy atom. The van der Waals surface area contributed by atoms with Crippen LogP contribution >= 0.6 is 11.6 Å². The Morgan fingerprint density at radius 3 is 2.58 bits per heavy atom. The van der Waals surface area contributed by atoms with Crippen LogP contribution in [0.25, 0.3) is 23.1 Å². The van der Waals surface area contributed by atoms with Gasteiger partial charge in [-0.3, -0.25) is 0 Å². The van der Waals surface area contributed by atoms with E-state index >= 15 is 0 Å². The molecule has 4 rings (SSSR count). The summed E-state index contributed by atoms with van der Waals surface area (Å²) >= 11 is 6.10. The van der Waals surface area contributed by atoms with Crippen molar-refractivity contribution in [1.29, 1.82) is 0 Å². The number of halogens is 1. The fraction of sp³-hybridized carbons (Fsp3) is 0.207. The number of aromatic nitrogens is 1. The predicted molar refractivity (Wildman–Crippen MR) is 139 cm³/mol. The van der Waals surface area contributed by atoms with Crippen LogP contribution in [0.1, 0.15) is 54.3 Å². The molecule has 1 atom stereocenters. The van der Waals surface area contributed by atoms with Gasteiger partial charge in [0, 0.05) is 16.5 Å². The van der Waals surface area contributed by atoms with Crippen LogP contribution in [-0.4, -0.2) is 10.1 Å². The number of fused-ring (bicyclic) bond motifs is 1. The second-order valence-electron chi connectivity index (χ2n) is 8.94. The van der Waals surface area contributed by atoms with Crippen LogP contribution in [0.2, 0.25) is 5.02 Å². The molecule has 1 aromatic heterocycles. The first-order chi connectivity index (χ1) is 15.8. The van der Waals surface area contributed by atoms with E-state index < -0.39 is 5.60 Å². The van der Waals surface area contributed by atoms with Gasteiger partial charge in [-0.2, -0.15) is 0 Å². The minimum absolute atomic E-state index is 0.0888. The number of hydrogen-bond acceptors (Lipinski definition) is 3. The highest BCUT2D eigenvalue weighted by molar-refractivity contribution is 6.31. The molecule has 0 saturated carbocycles. The molecule has 0 aliphatic carbocycles. The van der Waals surface area contributed by atoms with Gasteiger partial charge >= 0.3 is 0 Å². The van der Waals surface area contributed by atoms with E-state index in [-0.39, 0.29) is 6.04 Å². The van der Waals surface area contributed by atoms with E-state index in [2.05, 4.69) is 41.4 Å². The molecule has 0 radical (unpaired) electrons. The van der Waals surface area contributed by atoms with Gasteiger partial charge in [-0.15, -0.1) is 0 Å². The fourth-order valence-electron chi connectivity index (χ4n) is 4.09. The molecule has 1 unspecified atom stereocenters. The van der Waals surface area contributed by atoms with Gasteiger partial charge in [-0.25, -0.2) is 4.98 Å². The minimum Gasteiger partial charge on any atom is -0.386 e. The molecule has 3 aromatic carbocycles. The van der Waals surface area contributed by atoms with Crippen molar-refractivity contribution in [2.24, 2.45) is 5.73 Å². The highest BCUT2D eigenvalue weighted by atomic mass is 35.5. The summed E-state index contributed by atoms with van der Waals surface area (Å²) in [6.45, 7) is 3.64. The van der Waals surface area contributed by atoms with Gasteiger partial charge in [0.1, 0.15) is 0 Å². The van der Waals surface area contributed by atoms with Gasteiger partial charge in [0.15, 0.2) is 0 Å². The number of aliphatic hydroxyl groups is 1. The number of hydrogen-bond donors (Lipinski definition) is 2. The third-order valence-electron chi connectivity index (χ3n) is 5.86. The minimum atomic E-state index is -0.868. The Balaban J connectivity index is 1.47. The quantitative estimate of drug-likeness (QED) is 0.317. The predicted octanol–water partition coefficient (Wildman–Crippen LogP) is 6.92. The Morgan fingerprint density at radius 1 is 0.970 bits per heavy atom. The molecule has 0 fully saturated rings. The largest absolute Gasteiger partial charge is 0.386 e. The maximum atomic E-state index is 10.5. The summed E-state index contributed by atoms with van der Waals surface area (Å²) in [6, 6.07) is 26.0. The van der Waals surface area contributed by atoms with Crippen molar-refractivity contribution in [1.82, 2.24) is 4.98 Å². The van der Waals surface area contributed by atoms with E-state index in [1.807, 2.05) is 68.5 Å². The average Bonchev–Trinajstić information content (AvgIpc) is 2.80. The highest BCUT2D eigenvalue weighted by Gasteiger charge is 2.19. The second kappa shape index (κ2) is 9.88. The molecule has 0 aliphatic rings. The maximum Gasteiger partial charge on any atom is 0.0843 e. The van der Waals surface area contributed by atoms with Crippen molar-refractivity contribution in [3.63, 3.8) is 0 Å². The SMILES string of the molecule is CC(C)(O)c1ccccc1CCC(N)c1cccc(C=Cc2ccc3ccc(Cl)cc3n2)c1. The molecule has 168 valence electrons. The van der Waals surface area contributed by atoms with Gasteiger partial charge < -0.3 is 10.8 Å². The van der Waals surface area contributed by atoms with Crippen molar-refractivity contribution in [2.75, 3.05) is 0 Å². The first-order valence-electron chi connectivity index (χ1n) is 11.2. The summed E-state index contributed by atoms with van der Waals surface area (Å²) in [5.41, 5.74) is 11.7. The third kappa shape index (κ3) is 5.88. The Labute approximate surface area is 200 Å². The number of pyridine rings is 1. The molecule has 0 aliphatic heterocycles. The zero-order valence-corrected chi connectivity index (χ0v) is 19.8. The van der Waals surface area contributed by atoms with Crippen molar-refractivity contribution < 1.29 is 5.11 Å². The van der Waals surface area contributed by atoms with E-state index in [9.17, 15) is 5.11 Å². The summed E-state index contributed by atoms with van der Waals surface area (Å²) < 4.78 is 0. The fourth-order valence-corrected chi connectivity index (χ4v) is 4.25. The molecular weight excluding hydrogens is 428 g/mol. The summed E-state index contributed by atoms with van der Waals surface area (Å²) in [7, 11) is 0. The number of rotatable bonds is 7. The molecular formula is C29H29ClN2O. The summed E-state index contributed by atoms with van der Waals surface area (Å²) in [6.07, 6.45) is 5.67. The number of aryl methyl sites for hydroxylation is 1. The van der Waals surface area contributed by atoms with Gasteiger partial charge in [0.25, 0.3) is 0 Å². The monoisotopic (exact) mass is 456 g/mol. The van der Waals surface area contributed by atoms with E-state index in [1.165, 1.54) is 0 Å². The average molecular weight is 457 g/mol. The lowest BCUT2D eigenvalue weighted by Gasteiger charge is -2.22. The van der Waals surface area contributed by atoms with Gasteiger partial charge in [-0.1, -0.05) is 78.3 Å². The summed E-state index contributed by atoms with van der Waals surface area (Å²) in [4.78, 5) is 4.68. The van der Waals surface area contributed by atoms with Crippen molar-refractivity contribution in [3.8, 4) is 0 Å². The summed E-state index contributed by atoms with van der Waals surface area (Å²) in [5, 5.41) is 12.2. The van der Waals surface area contributed by atoms with Crippen molar-refractivity contribution in [2.45, 2.75) is 38.3 Å². The zero-order valence-electron chi connectivity index (χ0n) is 19.0. The molecule has 1 heterocycles. The smallest absolute Gasteiger partial charge is 0.0843 e.